The minimum absolute atomic E-state index is 0.0871. The summed E-state index contributed by atoms with van der Waals surface area (Å²) in [4.78, 5) is 11.9. The average molecular weight is 289 g/mol. The van der Waals surface area contributed by atoms with Gasteiger partial charge in [0.25, 0.3) is 0 Å². The molecule has 1 aliphatic rings. The van der Waals surface area contributed by atoms with Gasteiger partial charge in [0, 0.05) is 12.5 Å². The molecule has 1 aromatic carbocycles. The fourth-order valence-electron chi connectivity index (χ4n) is 2.44. The lowest BCUT2D eigenvalue weighted by molar-refractivity contribution is -0.137. The van der Waals surface area contributed by atoms with Crippen molar-refractivity contribution < 1.29 is 28.2 Å². The van der Waals surface area contributed by atoms with Gasteiger partial charge in [-0.2, -0.15) is 13.2 Å². The van der Waals surface area contributed by atoms with Crippen molar-refractivity contribution in [2.24, 2.45) is 0 Å². The summed E-state index contributed by atoms with van der Waals surface area (Å²) in [6.45, 7) is 0.115. The number of carbonyl (C=O) groups is 1. The largest absolute Gasteiger partial charge is 0.465 e. The van der Waals surface area contributed by atoms with Crippen LogP contribution in [0.5, 0.6) is 0 Å². The molecule has 1 heterocycles. The van der Waals surface area contributed by atoms with Gasteiger partial charge in [0.15, 0.2) is 0 Å². The minimum Gasteiger partial charge on any atom is -0.465 e. The van der Waals surface area contributed by atoms with E-state index in [0.29, 0.717) is 12.0 Å². The van der Waals surface area contributed by atoms with Crippen molar-refractivity contribution in [3.8, 4) is 0 Å². The number of halogens is 3. The van der Waals surface area contributed by atoms with Crippen LogP contribution in [0.25, 0.3) is 0 Å². The zero-order valence-electron chi connectivity index (χ0n) is 10.5. The number of alkyl halides is 3. The Morgan fingerprint density at radius 3 is 2.60 bits per heavy atom. The summed E-state index contributed by atoms with van der Waals surface area (Å²) < 4.78 is 38.0. The molecule has 0 aromatic heterocycles. The molecule has 110 valence electrons. The molecule has 7 heteroatoms. The van der Waals surface area contributed by atoms with Crippen LogP contribution in [0.3, 0.4) is 0 Å². The number of hydrogen-bond donors (Lipinski definition) is 2. The number of β-amino-alcohol motifs (C(OH)–C–C–N with tert-alkyl or cyclic N) is 1. The van der Waals surface area contributed by atoms with Gasteiger partial charge in [-0.05, 0) is 18.1 Å². The predicted octanol–water partition coefficient (Wildman–Crippen LogP) is 2.53. The second-order valence-electron chi connectivity index (χ2n) is 4.81. The van der Waals surface area contributed by atoms with E-state index < -0.39 is 29.9 Å². The number of aliphatic hydroxyl groups is 1. The molecule has 0 spiro atoms. The smallest absolute Gasteiger partial charge is 0.416 e. The van der Waals surface area contributed by atoms with Gasteiger partial charge in [0.2, 0.25) is 0 Å². The average Bonchev–Trinajstić information content (AvgIpc) is 2.37. The number of rotatable bonds is 1. The number of benzene rings is 1. The molecule has 1 saturated heterocycles. The van der Waals surface area contributed by atoms with E-state index >= 15 is 0 Å². The Labute approximate surface area is 113 Å². The lowest BCUT2D eigenvalue weighted by Gasteiger charge is -2.34. The predicted molar refractivity (Wildman–Crippen MR) is 64.4 cm³/mol. The Hall–Kier alpha value is -1.76. The second-order valence-corrected chi connectivity index (χ2v) is 4.81. The van der Waals surface area contributed by atoms with Gasteiger partial charge >= 0.3 is 12.3 Å². The maximum atomic E-state index is 12.7. The highest BCUT2D eigenvalue weighted by molar-refractivity contribution is 5.65. The lowest BCUT2D eigenvalue weighted by atomic mass is 9.86. The first kappa shape index (κ1) is 14.6. The molecule has 1 amide bonds. The Morgan fingerprint density at radius 1 is 1.35 bits per heavy atom. The molecule has 2 unspecified atom stereocenters. The first-order valence-corrected chi connectivity index (χ1v) is 6.12. The van der Waals surface area contributed by atoms with E-state index in [1.807, 2.05) is 0 Å². The molecule has 4 nitrogen and oxygen atoms in total. The summed E-state index contributed by atoms with van der Waals surface area (Å²) in [6.07, 6.45) is -6.26. The van der Waals surface area contributed by atoms with E-state index in [9.17, 15) is 23.1 Å². The van der Waals surface area contributed by atoms with E-state index in [-0.39, 0.29) is 13.1 Å². The third-order valence-corrected chi connectivity index (χ3v) is 3.49. The number of aliphatic hydroxyl groups excluding tert-OH is 1. The fourth-order valence-corrected chi connectivity index (χ4v) is 2.44. The summed E-state index contributed by atoms with van der Waals surface area (Å²) in [5.41, 5.74) is -0.375. The van der Waals surface area contributed by atoms with Crippen molar-refractivity contribution in [1.82, 2.24) is 4.90 Å². The van der Waals surface area contributed by atoms with Crippen molar-refractivity contribution >= 4 is 6.09 Å². The maximum Gasteiger partial charge on any atom is 0.416 e. The van der Waals surface area contributed by atoms with Crippen molar-refractivity contribution in [3.63, 3.8) is 0 Å². The minimum atomic E-state index is -4.43. The van der Waals surface area contributed by atoms with E-state index in [4.69, 9.17) is 5.11 Å². The highest BCUT2D eigenvalue weighted by Gasteiger charge is 2.34. The number of carboxylic acid groups (broad SMARTS) is 1. The molecular formula is C13H14F3NO3. The molecular weight excluding hydrogens is 275 g/mol. The molecule has 20 heavy (non-hydrogen) atoms. The van der Waals surface area contributed by atoms with Gasteiger partial charge < -0.3 is 15.1 Å². The van der Waals surface area contributed by atoms with Gasteiger partial charge in [-0.1, -0.05) is 18.2 Å². The monoisotopic (exact) mass is 289 g/mol. The van der Waals surface area contributed by atoms with Gasteiger partial charge in [-0.25, -0.2) is 4.79 Å². The van der Waals surface area contributed by atoms with Gasteiger partial charge in [0.1, 0.15) is 0 Å². The number of hydrogen-bond acceptors (Lipinski definition) is 2. The summed E-state index contributed by atoms with van der Waals surface area (Å²) in [5.74, 6) is -0.479. The molecule has 1 fully saturated rings. The van der Waals surface area contributed by atoms with Crippen LogP contribution in [0.1, 0.15) is 23.5 Å². The van der Waals surface area contributed by atoms with Crippen LogP contribution in [0.15, 0.2) is 24.3 Å². The first-order valence-electron chi connectivity index (χ1n) is 6.12. The van der Waals surface area contributed by atoms with Gasteiger partial charge in [0.05, 0.1) is 18.2 Å². The van der Waals surface area contributed by atoms with Crippen LogP contribution in [0.2, 0.25) is 0 Å². The molecule has 1 aromatic rings. The summed E-state index contributed by atoms with van der Waals surface area (Å²) in [6, 6.07) is 4.82. The molecule has 0 aliphatic carbocycles. The van der Waals surface area contributed by atoms with E-state index in [2.05, 4.69) is 0 Å². The van der Waals surface area contributed by atoms with Crippen LogP contribution in [-0.2, 0) is 6.18 Å². The van der Waals surface area contributed by atoms with Crippen LogP contribution >= 0.6 is 0 Å². The molecule has 2 rings (SSSR count). The van der Waals surface area contributed by atoms with Gasteiger partial charge in [-0.15, -0.1) is 0 Å². The van der Waals surface area contributed by atoms with Crippen LogP contribution in [0, 0.1) is 0 Å². The molecule has 0 bridgehead atoms. The lowest BCUT2D eigenvalue weighted by Crippen LogP contribution is -2.45. The third-order valence-electron chi connectivity index (χ3n) is 3.49. The fraction of sp³-hybridized carbons (Fsp3) is 0.462. The van der Waals surface area contributed by atoms with E-state index in [1.165, 1.54) is 12.1 Å². The molecule has 1 aliphatic heterocycles. The Morgan fingerprint density at radius 2 is 2.05 bits per heavy atom. The highest BCUT2D eigenvalue weighted by atomic mass is 19.4. The standard InChI is InChI=1S/C13H14F3NO3/c14-13(15,16)9-3-1-2-8(6-9)10-4-5-17(12(19)20)7-11(10)18/h1-3,6,10-11,18H,4-5,7H2,(H,19,20). The molecule has 2 atom stereocenters. The highest BCUT2D eigenvalue weighted by Crippen LogP contribution is 2.34. The first-order chi connectivity index (χ1) is 9.29. The number of amides is 1. The van der Waals surface area contributed by atoms with E-state index in [1.54, 1.807) is 0 Å². The second kappa shape index (κ2) is 5.32. The van der Waals surface area contributed by atoms with Crippen molar-refractivity contribution in [2.45, 2.75) is 24.6 Å². The number of piperidine rings is 1. The van der Waals surface area contributed by atoms with Crippen molar-refractivity contribution in [3.05, 3.63) is 35.4 Å². The van der Waals surface area contributed by atoms with Crippen LogP contribution in [-0.4, -0.2) is 40.4 Å². The third kappa shape index (κ3) is 3.04. The summed E-state index contributed by atoms with van der Waals surface area (Å²) >= 11 is 0. The SMILES string of the molecule is O=C(O)N1CCC(c2cccc(C(F)(F)F)c2)C(O)C1. The normalized spacial score (nSPS) is 23.7. The Kier molecular flexibility index (Phi) is 3.89. The maximum absolute atomic E-state index is 12.7. The molecule has 0 saturated carbocycles. The van der Waals surface area contributed by atoms with Crippen LogP contribution < -0.4 is 0 Å². The quantitative estimate of drug-likeness (QED) is 0.835. The van der Waals surface area contributed by atoms with Crippen molar-refractivity contribution in [1.29, 1.82) is 0 Å². The number of nitrogens with zero attached hydrogens (tertiary/aromatic N) is 1. The zero-order chi connectivity index (χ0) is 14.9. The van der Waals surface area contributed by atoms with Crippen molar-refractivity contribution in [2.75, 3.05) is 13.1 Å². The molecule has 2 N–H and O–H groups in total. The number of likely N-dealkylation sites (tertiary alicyclic amines) is 1. The summed E-state index contributed by atoms with van der Waals surface area (Å²) in [7, 11) is 0. The van der Waals surface area contributed by atoms with Gasteiger partial charge in [-0.3, -0.25) is 0 Å². The molecule has 0 radical (unpaired) electrons. The Balaban J connectivity index is 2.19. The topological polar surface area (TPSA) is 60.8 Å². The zero-order valence-corrected chi connectivity index (χ0v) is 10.5. The van der Waals surface area contributed by atoms with Crippen LogP contribution in [0.4, 0.5) is 18.0 Å². The summed E-state index contributed by atoms with van der Waals surface area (Å²) in [5, 5.41) is 18.8. The van der Waals surface area contributed by atoms with E-state index in [0.717, 1.165) is 17.0 Å². The Bertz CT molecular complexity index is 504.